The van der Waals surface area contributed by atoms with E-state index < -0.39 is 0 Å². The maximum atomic E-state index is 7.28. The maximum Gasteiger partial charge on any atom is 2.00 e. The number of benzene rings is 14. The van der Waals surface area contributed by atoms with Crippen molar-refractivity contribution in [2.24, 2.45) is 0 Å². The average molecular weight is 1320 g/mol. The first-order valence-corrected chi connectivity index (χ1v) is 32.3. The predicted octanol–water partition coefficient (Wildman–Crippen LogP) is 21.7. The van der Waals surface area contributed by atoms with E-state index in [9.17, 15) is 0 Å². The summed E-state index contributed by atoms with van der Waals surface area (Å²) >= 11 is 0. The van der Waals surface area contributed by atoms with E-state index in [1.54, 1.807) is 0 Å². The van der Waals surface area contributed by atoms with Crippen LogP contribution in [-0.4, -0.2) is 37.0 Å². The van der Waals surface area contributed by atoms with Crippen LogP contribution < -0.4 is 4.74 Å². The van der Waals surface area contributed by atoms with E-state index in [0.29, 0.717) is 11.5 Å². The molecule has 8 aromatic heterocycles. The molecule has 0 N–H and O–H groups in total. The number of aromatic nitrogens is 8. The van der Waals surface area contributed by atoms with Gasteiger partial charge in [-0.05, 0) is 108 Å². The van der Waals surface area contributed by atoms with Gasteiger partial charge in [0.15, 0.2) is 0 Å². The molecule has 0 radical (unpaired) electrons. The molecule has 0 spiro atoms. The number of hydrogen-bond acceptors (Lipinski definition) is 3. The maximum absolute atomic E-state index is 7.28. The molecule has 8 heterocycles. The van der Waals surface area contributed by atoms with Crippen LogP contribution in [0.25, 0.3) is 187 Å². The Bertz CT molecular complexity index is 6670. The minimum Gasteiger partial charge on any atom is -0.497 e. The first kappa shape index (κ1) is 53.2. The fraction of sp³-hybridized carbons (Fsp3) is 0. The third kappa shape index (κ3) is 7.00. The van der Waals surface area contributed by atoms with Gasteiger partial charge in [-0.3, -0.25) is 9.97 Å². The zero-order chi connectivity index (χ0) is 61.7. The fourth-order valence-electron chi connectivity index (χ4n) is 16.5. The molecule has 0 amide bonds. The SMILES string of the molecule is [Pd+2].[c-]1c(Oc2[c-]c3c(cc2)c2c4c(c5ccccc5n4-c4ccccc4)c4c(c5ccccc5n4-c4ccccc4)c2n2c4ccccc4nc32)ccc2c1c1nc3ccccc3n1c1c2c2c(c3ccccc3n2-c2ccccc2)c2c1c1ccccc1n2-c1ccccc1. The molecule has 0 bridgehead atoms. The van der Waals surface area contributed by atoms with Crippen LogP contribution in [0.15, 0.2) is 291 Å². The second kappa shape index (κ2) is 19.9. The van der Waals surface area contributed by atoms with Crippen molar-refractivity contribution in [2.45, 2.75) is 0 Å². The zero-order valence-electron chi connectivity index (χ0n) is 51.0. The van der Waals surface area contributed by atoms with E-state index >= 15 is 0 Å². The Kier molecular flexibility index (Phi) is 11.0. The van der Waals surface area contributed by atoms with Crippen LogP contribution >= 0.6 is 0 Å². The van der Waals surface area contributed by atoms with Gasteiger partial charge in [-0.2, -0.15) is 0 Å². The molecule has 22 aromatic rings. The smallest absolute Gasteiger partial charge is 0.497 e. The van der Waals surface area contributed by atoms with Crippen LogP contribution in [0, 0.1) is 12.1 Å². The first-order chi connectivity index (χ1) is 47.2. The number of rotatable bonds is 6. The van der Waals surface area contributed by atoms with Gasteiger partial charge in [0.05, 0.1) is 77.5 Å². The van der Waals surface area contributed by atoms with Gasteiger partial charge >= 0.3 is 20.4 Å². The Hall–Kier alpha value is -12.3. The van der Waals surface area contributed by atoms with Crippen LogP contribution in [0.4, 0.5) is 0 Å². The Balaban J connectivity index is 0.00000612. The molecule has 448 valence electrons. The van der Waals surface area contributed by atoms with Gasteiger partial charge in [-0.15, -0.1) is 12.1 Å². The summed E-state index contributed by atoms with van der Waals surface area (Å²) in [4.78, 5) is 11.2. The summed E-state index contributed by atoms with van der Waals surface area (Å²) in [5.74, 6) is 1.07. The number of imidazole rings is 2. The third-order valence-corrected chi connectivity index (χ3v) is 20.1. The van der Waals surface area contributed by atoms with E-state index in [0.717, 1.165) is 187 Å². The average Bonchev–Trinajstić information content (AvgIpc) is 1.49. The molecule has 0 saturated heterocycles. The van der Waals surface area contributed by atoms with Gasteiger partial charge < -0.3 is 31.8 Å². The second-order valence-corrected chi connectivity index (χ2v) is 24.9. The minimum atomic E-state index is 0. The van der Waals surface area contributed by atoms with Crippen molar-refractivity contribution in [1.29, 1.82) is 0 Å². The van der Waals surface area contributed by atoms with Crippen LogP contribution in [0.3, 0.4) is 0 Å². The molecule has 0 unspecified atom stereocenters. The van der Waals surface area contributed by atoms with Gasteiger partial charge in [0.2, 0.25) is 0 Å². The number of para-hydroxylation sites is 12. The molecule has 0 aliphatic carbocycles. The standard InChI is InChI=1S/C86H48N8O.Pd/c1-5-25-51(26-6-1)89-67-39-19-13-33-59(67)75-79(89)73-57-47-45-55(49-63(57)85-87-65-37-17-23-43-71(65)93(85)83(73)77-61-35-15-21-41-69(61)91(81(75)77)53-29-9-3-10-30-53)95-56-46-48-58-64(50-56)86-88-66-38-18-24-44-72(66)94(86)84-74(58)80-76(60-34-14-20-40-68(60)90(80)52-27-7-2-8-28-52)82-78(84)62-36-16-22-42-70(62)92(82)54-31-11-4-12-32-54;/h1-48H;/q-2;+2. The Labute approximate surface area is 560 Å². The third-order valence-electron chi connectivity index (χ3n) is 20.1. The fourth-order valence-corrected chi connectivity index (χ4v) is 16.5. The summed E-state index contributed by atoms with van der Waals surface area (Å²) in [7, 11) is 0. The van der Waals surface area contributed by atoms with Crippen molar-refractivity contribution < 1.29 is 25.2 Å². The zero-order valence-corrected chi connectivity index (χ0v) is 52.6. The van der Waals surface area contributed by atoms with E-state index in [1.165, 1.54) is 0 Å². The van der Waals surface area contributed by atoms with Crippen molar-refractivity contribution >= 4 is 164 Å². The molecule has 9 nitrogen and oxygen atoms in total. The Morgan fingerprint density at radius 3 is 0.823 bits per heavy atom. The summed E-state index contributed by atoms with van der Waals surface area (Å²) < 4.78 is 22.0. The normalized spacial score (nSPS) is 12.3. The van der Waals surface area contributed by atoms with Crippen LogP contribution in [0.2, 0.25) is 0 Å². The molecule has 0 fully saturated rings. The van der Waals surface area contributed by atoms with Gasteiger partial charge in [0, 0.05) is 88.4 Å². The van der Waals surface area contributed by atoms with E-state index in [1.807, 2.05) is 0 Å². The number of ether oxygens (including phenoxy) is 1. The molecule has 22 rings (SSSR count). The molecular weight excluding hydrogens is 1270 g/mol. The van der Waals surface area contributed by atoms with E-state index in [-0.39, 0.29) is 20.4 Å². The number of pyridine rings is 2. The topological polar surface area (TPSA) is 63.5 Å². The summed E-state index contributed by atoms with van der Waals surface area (Å²) in [5.41, 5.74) is 20.8. The molecule has 14 aromatic carbocycles. The largest absolute Gasteiger partial charge is 2.00 e. The van der Waals surface area contributed by atoms with Crippen LogP contribution in [-0.2, 0) is 20.4 Å². The van der Waals surface area contributed by atoms with Crippen molar-refractivity contribution in [3.8, 4) is 34.2 Å². The molecule has 0 atom stereocenters. The summed E-state index contributed by atoms with van der Waals surface area (Å²) in [6, 6.07) is 112. The molecular formula is C86H48N8OPd. The summed E-state index contributed by atoms with van der Waals surface area (Å²) in [5, 5.41) is 15.2. The monoisotopic (exact) mass is 1310 g/mol. The summed E-state index contributed by atoms with van der Waals surface area (Å²) in [6.07, 6.45) is 0. The Morgan fingerprint density at radius 2 is 0.500 bits per heavy atom. The van der Waals surface area contributed by atoms with Crippen LogP contribution in [0.5, 0.6) is 11.5 Å². The molecule has 0 aliphatic rings. The molecule has 0 aliphatic heterocycles. The van der Waals surface area contributed by atoms with Gasteiger partial charge in [-0.25, -0.2) is 0 Å². The van der Waals surface area contributed by atoms with Crippen molar-refractivity contribution in [3.63, 3.8) is 0 Å². The van der Waals surface area contributed by atoms with E-state index in [2.05, 4.69) is 330 Å². The summed E-state index contributed by atoms with van der Waals surface area (Å²) in [6.45, 7) is 0. The number of fused-ring (bicyclic) bond motifs is 34. The van der Waals surface area contributed by atoms with Gasteiger partial charge in [0.1, 0.15) is 0 Å². The number of hydrogen-bond donors (Lipinski definition) is 0. The van der Waals surface area contributed by atoms with Gasteiger partial charge in [-0.1, -0.05) is 216 Å². The molecule has 10 heteroatoms. The quantitative estimate of drug-likeness (QED) is 0.0947. The second-order valence-electron chi connectivity index (χ2n) is 24.9. The van der Waals surface area contributed by atoms with Crippen molar-refractivity contribution in [1.82, 2.24) is 37.0 Å². The van der Waals surface area contributed by atoms with Crippen molar-refractivity contribution in [2.75, 3.05) is 0 Å². The predicted molar refractivity (Wildman–Crippen MR) is 391 cm³/mol. The first-order valence-electron chi connectivity index (χ1n) is 32.3. The molecule has 0 saturated carbocycles. The molecule has 96 heavy (non-hydrogen) atoms. The Morgan fingerprint density at radius 1 is 0.240 bits per heavy atom. The number of nitrogens with zero attached hydrogens (tertiary/aromatic N) is 8. The van der Waals surface area contributed by atoms with E-state index in [4.69, 9.17) is 14.7 Å². The minimum absolute atomic E-state index is 0. The van der Waals surface area contributed by atoms with Crippen LogP contribution in [0.1, 0.15) is 0 Å². The van der Waals surface area contributed by atoms with Gasteiger partial charge in [0.25, 0.3) is 0 Å². The van der Waals surface area contributed by atoms with Crippen molar-refractivity contribution in [3.05, 3.63) is 303 Å².